The fourth-order valence-electron chi connectivity index (χ4n) is 3.78. The van der Waals surface area contributed by atoms with E-state index < -0.39 is 35.6 Å². The predicted molar refractivity (Wildman–Crippen MR) is 145 cm³/mol. The van der Waals surface area contributed by atoms with Gasteiger partial charge in [0.2, 0.25) is 5.91 Å². The highest BCUT2D eigenvalue weighted by Gasteiger charge is 2.25. The van der Waals surface area contributed by atoms with E-state index in [9.17, 15) is 33.5 Å². The summed E-state index contributed by atoms with van der Waals surface area (Å²) in [5, 5.41) is 12.5. The fraction of sp³-hybridized carbons (Fsp3) is 0.296. The molecule has 0 spiro atoms. The van der Waals surface area contributed by atoms with Gasteiger partial charge in [0.05, 0.1) is 12.1 Å². The summed E-state index contributed by atoms with van der Waals surface area (Å²) in [6.45, 7) is -0.186. The maximum Gasteiger partial charge on any atom is 0.416 e. The molecule has 12 nitrogen and oxygen atoms in total. The second kappa shape index (κ2) is 12.7. The Balaban J connectivity index is 1.83. The molecule has 2 aromatic heterocycles. The monoisotopic (exact) mass is 555 g/mol. The average Bonchev–Trinajstić information content (AvgIpc) is 3.24. The van der Waals surface area contributed by atoms with Gasteiger partial charge < -0.3 is 29.5 Å². The van der Waals surface area contributed by atoms with E-state index in [-0.39, 0.29) is 42.2 Å². The molecule has 3 aromatic rings. The smallest absolute Gasteiger partial charge is 0.416 e. The van der Waals surface area contributed by atoms with Crippen LogP contribution in [0.2, 0.25) is 0 Å². The molecule has 1 atom stereocenters. The molecule has 2 N–H and O–H groups in total. The number of rotatable bonds is 9. The Labute approximate surface area is 228 Å². The van der Waals surface area contributed by atoms with E-state index in [1.54, 1.807) is 20.2 Å². The first-order valence-corrected chi connectivity index (χ1v) is 12.2. The number of nitrogens with zero attached hydrogens (tertiary/aromatic N) is 4. The number of anilines is 1. The number of pyridine rings is 1. The van der Waals surface area contributed by atoms with Gasteiger partial charge in [-0.3, -0.25) is 14.4 Å². The van der Waals surface area contributed by atoms with E-state index >= 15 is 0 Å². The molecule has 13 heteroatoms. The zero-order valence-electron chi connectivity index (χ0n) is 22.5. The summed E-state index contributed by atoms with van der Waals surface area (Å²) in [7, 11) is 6.09. The van der Waals surface area contributed by atoms with Gasteiger partial charge in [0.15, 0.2) is 6.10 Å². The number of fused-ring (bicyclic) bond motifs is 1. The highest BCUT2D eigenvalue weighted by molar-refractivity contribution is 5.95. The van der Waals surface area contributed by atoms with Crippen molar-refractivity contribution in [3.63, 3.8) is 0 Å². The molecule has 0 fully saturated rings. The average molecular weight is 556 g/mol. The number of carboxylic acid groups (broad SMARTS) is 1. The third kappa shape index (κ3) is 7.12. The molecule has 0 aliphatic rings. The molecule has 0 saturated carbocycles. The van der Waals surface area contributed by atoms with Gasteiger partial charge in [0.1, 0.15) is 11.5 Å². The molecule has 0 aliphatic heterocycles. The summed E-state index contributed by atoms with van der Waals surface area (Å²) >= 11 is 0. The van der Waals surface area contributed by atoms with Crippen molar-refractivity contribution >= 4 is 40.6 Å². The van der Waals surface area contributed by atoms with Crippen molar-refractivity contribution in [1.82, 2.24) is 18.9 Å². The van der Waals surface area contributed by atoms with Gasteiger partial charge in [-0.25, -0.2) is 18.5 Å². The normalized spacial score (nSPS) is 11.8. The third-order valence-corrected chi connectivity index (χ3v) is 5.84. The van der Waals surface area contributed by atoms with Crippen molar-refractivity contribution in [1.29, 1.82) is 0 Å². The van der Waals surface area contributed by atoms with Gasteiger partial charge in [0, 0.05) is 45.5 Å². The standard InChI is InChI=1S/C27H30FN5O7/c1-30(2)23(34)10-6-5-9-22(40-27(39)31(3)4)24(35)29-20-8-7-13-32(25(20)36)16-19-15-17-14-18(28)11-12-21(17)33(19)26(37)38/h6-8,10-15,22H,5,9,16H2,1-4H3,(H,29,35)(H,37,38)/b10-6+/t22-/m0/s1. The van der Waals surface area contributed by atoms with Gasteiger partial charge in [-0.05, 0) is 55.3 Å². The van der Waals surface area contributed by atoms with E-state index in [1.807, 2.05) is 0 Å². The molecule has 40 heavy (non-hydrogen) atoms. The Hall–Kier alpha value is -4.94. The number of aromatic nitrogens is 2. The van der Waals surface area contributed by atoms with Crippen LogP contribution in [0.15, 0.2) is 59.5 Å². The summed E-state index contributed by atoms with van der Waals surface area (Å²) in [5.41, 5.74) is -0.303. The zero-order valence-corrected chi connectivity index (χ0v) is 22.5. The molecule has 0 aliphatic carbocycles. The molecule has 3 rings (SSSR count). The molecular formula is C27H30FN5O7. The Bertz CT molecular complexity index is 1520. The second-order valence-electron chi connectivity index (χ2n) is 9.28. The van der Waals surface area contributed by atoms with E-state index in [0.29, 0.717) is 5.39 Å². The van der Waals surface area contributed by atoms with Gasteiger partial charge >= 0.3 is 12.2 Å². The number of amides is 3. The number of allylic oxidation sites excluding steroid dienone is 1. The van der Waals surface area contributed by atoms with E-state index in [0.717, 1.165) is 15.5 Å². The summed E-state index contributed by atoms with van der Waals surface area (Å²) in [5.74, 6) is -1.54. The fourth-order valence-corrected chi connectivity index (χ4v) is 3.78. The lowest BCUT2D eigenvalue weighted by molar-refractivity contribution is -0.125. The predicted octanol–water partition coefficient (Wildman–Crippen LogP) is 2.95. The quantitative estimate of drug-likeness (QED) is 0.387. The van der Waals surface area contributed by atoms with Crippen LogP contribution in [0.1, 0.15) is 18.5 Å². The van der Waals surface area contributed by atoms with Crippen LogP contribution in [0.4, 0.5) is 19.7 Å². The number of halogens is 1. The van der Waals surface area contributed by atoms with Gasteiger partial charge in [-0.15, -0.1) is 0 Å². The first-order valence-electron chi connectivity index (χ1n) is 12.2. The molecule has 0 radical (unpaired) electrons. The summed E-state index contributed by atoms with van der Waals surface area (Å²) in [4.78, 5) is 64.5. The van der Waals surface area contributed by atoms with Crippen molar-refractivity contribution in [2.45, 2.75) is 25.5 Å². The Morgan fingerprint density at radius 2 is 1.82 bits per heavy atom. The lowest BCUT2D eigenvalue weighted by atomic mass is 10.1. The molecule has 0 saturated heterocycles. The second-order valence-corrected chi connectivity index (χ2v) is 9.28. The number of likely N-dealkylation sites (N-methyl/N-ethyl adjacent to an activating group) is 1. The SMILES string of the molecule is CN(C)C(=O)/C=C/CC[C@H](OC(=O)N(C)C)C(=O)Nc1cccn(Cc2cc3cc(F)ccc3n2C(=O)O)c1=O. The molecule has 2 heterocycles. The van der Waals surface area contributed by atoms with Crippen molar-refractivity contribution in [3.8, 4) is 0 Å². The van der Waals surface area contributed by atoms with E-state index in [2.05, 4.69) is 5.32 Å². The van der Waals surface area contributed by atoms with Crippen LogP contribution in [0, 0.1) is 5.82 Å². The van der Waals surface area contributed by atoms with Crippen LogP contribution >= 0.6 is 0 Å². The van der Waals surface area contributed by atoms with Crippen molar-refractivity contribution in [3.05, 3.63) is 76.6 Å². The lowest BCUT2D eigenvalue weighted by Crippen LogP contribution is -2.37. The van der Waals surface area contributed by atoms with Gasteiger partial charge in [-0.2, -0.15) is 0 Å². The van der Waals surface area contributed by atoms with Crippen LogP contribution in [-0.4, -0.2) is 82.3 Å². The molecule has 1 aromatic carbocycles. The summed E-state index contributed by atoms with van der Waals surface area (Å²) in [6.07, 6.45) is 1.23. The third-order valence-electron chi connectivity index (χ3n) is 5.84. The minimum Gasteiger partial charge on any atom is -0.464 e. The van der Waals surface area contributed by atoms with Crippen molar-refractivity contribution in [2.24, 2.45) is 0 Å². The summed E-state index contributed by atoms with van der Waals surface area (Å²) in [6, 6.07) is 7.99. The minimum absolute atomic E-state index is 0.0406. The zero-order chi connectivity index (χ0) is 29.6. The summed E-state index contributed by atoms with van der Waals surface area (Å²) < 4.78 is 21.1. The van der Waals surface area contributed by atoms with Crippen molar-refractivity contribution < 1.29 is 33.4 Å². The Kier molecular flexibility index (Phi) is 9.43. The number of hydrogen-bond donors (Lipinski definition) is 2. The Morgan fingerprint density at radius 3 is 2.48 bits per heavy atom. The highest BCUT2D eigenvalue weighted by atomic mass is 19.1. The van der Waals surface area contributed by atoms with Crippen molar-refractivity contribution in [2.75, 3.05) is 33.5 Å². The van der Waals surface area contributed by atoms with Gasteiger partial charge in [-0.1, -0.05) is 6.08 Å². The maximum atomic E-state index is 13.7. The molecule has 0 unspecified atom stereocenters. The number of hydrogen-bond acceptors (Lipinski definition) is 6. The van der Waals surface area contributed by atoms with Crippen LogP contribution < -0.4 is 10.9 Å². The molecule has 0 bridgehead atoms. The highest BCUT2D eigenvalue weighted by Crippen LogP contribution is 2.22. The van der Waals surface area contributed by atoms with Gasteiger partial charge in [0.25, 0.3) is 11.5 Å². The number of nitrogens with one attached hydrogen (secondary N) is 1. The number of carbonyl (C=O) groups excluding carboxylic acids is 3. The van der Waals surface area contributed by atoms with Crippen LogP contribution in [0.3, 0.4) is 0 Å². The number of ether oxygens (including phenoxy) is 1. The topological polar surface area (TPSA) is 143 Å². The lowest BCUT2D eigenvalue weighted by Gasteiger charge is -2.19. The molecular weight excluding hydrogens is 525 g/mol. The van der Waals surface area contributed by atoms with E-state index in [4.69, 9.17) is 4.74 Å². The molecule has 212 valence electrons. The maximum absolute atomic E-state index is 13.7. The first-order chi connectivity index (χ1) is 18.9. The number of benzene rings is 1. The van der Waals surface area contributed by atoms with Crippen LogP contribution in [-0.2, 0) is 20.9 Å². The molecule has 3 amide bonds. The Morgan fingerprint density at radius 1 is 1.10 bits per heavy atom. The van der Waals surface area contributed by atoms with Crippen LogP contribution in [0.25, 0.3) is 10.9 Å². The number of carbonyl (C=O) groups is 4. The largest absolute Gasteiger partial charge is 0.464 e. The first kappa shape index (κ1) is 29.6. The van der Waals surface area contributed by atoms with Crippen LogP contribution in [0.5, 0.6) is 0 Å². The minimum atomic E-state index is -1.30. The van der Waals surface area contributed by atoms with E-state index in [1.165, 1.54) is 66.2 Å².